The Hall–Kier alpha value is -2.50. The number of hydrogen-bond acceptors (Lipinski definition) is 10. The van der Waals surface area contributed by atoms with Crippen molar-refractivity contribution in [1.82, 2.24) is 4.90 Å². The number of rotatable bonds is 23. The van der Waals surface area contributed by atoms with Gasteiger partial charge in [0.25, 0.3) is 0 Å². The molecule has 0 bridgehead atoms. The van der Waals surface area contributed by atoms with Crippen LogP contribution in [0.1, 0.15) is 215 Å². The molecule has 0 aromatic carbocycles. The van der Waals surface area contributed by atoms with Gasteiger partial charge < -0.3 is 51.5 Å². The predicted octanol–water partition coefficient (Wildman–Crippen LogP) is 16.2. The van der Waals surface area contributed by atoms with Crippen LogP contribution in [0.2, 0.25) is 0 Å². The Labute approximate surface area is 469 Å². The topological polar surface area (TPSA) is 153 Å². The van der Waals surface area contributed by atoms with Crippen LogP contribution in [0.5, 0.6) is 0 Å². The van der Waals surface area contributed by atoms with Crippen molar-refractivity contribution in [2.45, 2.75) is 239 Å². The highest BCUT2D eigenvalue weighted by atomic mass is 16.5. The van der Waals surface area contributed by atoms with Crippen molar-refractivity contribution in [2.24, 2.45) is 88.9 Å². The first-order chi connectivity index (χ1) is 32.7. The first kappa shape index (κ1) is 81.3. The summed E-state index contributed by atoms with van der Waals surface area (Å²) in [4.78, 5) is 2.06. The maximum atomic E-state index is 5.97. The fourth-order valence-corrected chi connectivity index (χ4v) is 4.05. The highest BCUT2D eigenvalue weighted by molar-refractivity contribution is 5.00. The molecule has 0 spiro atoms. The summed E-state index contributed by atoms with van der Waals surface area (Å²) in [7, 11) is 4.03. The van der Waals surface area contributed by atoms with Gasteiger partial charge in [0.1, 0.15) is 28.8 Å². The van der Waals surface area contributed by atoms with Crippen LogP contribution in [0, 0.1) is 66.0 Å². The molecule has 2 unspecified atom stereocenters. The van der Waals surface area contributed by atoms with Crippen molar-refractivity contribution in [3.8, 4) is 0 Å². The molecule has 0 aliphatic heterocycles. The average Bonchev–Trinajstić information content (AvgIpc) is 3.20. The van der Waals surface area contributed by atoms with Crippen LogP contribution >= 0.6 is 0 Å². The van der Waals surface area contributed by atoms with Crippen LogP contribution in [-0.4, -0.2) is 82.7 Å². The van der Waals surface area contributed by atoms with E-state index in [0.717, 1.165) is 18.9 Å². The van der Waals surface area contributed by atoms with Gasteiger partial charge in [0.15, 0.2) is 0 Å². The highest BCUT2D eigenvalue weighted by Crippen LogP contribution is 2.42. The van der Waals surface area contributed by atoms with E-state index in [0.29, 0.717) is 61.3 Å². The molecule has 0 heterocycles. The Bertz CT molecular complexity index is 1550. The van der Waals surface area contributed by atoms with Crippen molar-refractivity contribution in [3.05, 3.63) is 61.7 Å². The van der Waals surface area contributed by atoms with Gasteiger partial charge in [-0.05, 0) is 66.9 Å². The molecule has 4 atom stereocenters. The van der Waals surface area contributed by atoms with Gasteiger partial charge in [-0.1, -0.05) is 234 Å². The molecular weight excluding hydrogens is 931 g/mol. The van der Waals surface area contributed by atoms with Gasteiger partial charge in [0.2, 0.25) is 0 Å². The molecule has 0 saturated heterocycles. The third-order valence-corrected chi connectivity index (χ3v) is 17.0. The summed E-state index contributed by atoms with van der Waals surface area (Å²) in [6.07, 6.45) is 0. The maximum Gasteiger partial charge on any atom is 0.106 e. The molecule has 0 aliphatic carbocycles. The Balaban J connectivity index is -0.000000273. The highest BCUT2D eigenvalue weighted by Gasteiger charge is 2.37. The summed E-state index contributed by atoms with van der Waals surface area (Å²) >= 11 is 0. The van der Waals surface area contributed by atoms with E-state index in [4.69, 9.17) is 46.6 Å². The Morgan fingerprint density at radius 1 is 0.333 bits per heavy atom. The summed E-state index contributed by atoms with van der Waals surface area (Å²) < 4.78 is 28.3. The van der Waals surface area contributed by atoms with Crippen LogP contribution in [-0.2, 0) is 23.7 Å². The third-order valence-electron chi connectivity index (χ3n) is 17.0. The van der Waals surface area contributed by atoms with Crippen LogP contribution in [0.3, 0.4) is 0 Å². The van der Waals surface area contributed by atoms with E-state index >= 15 is 0 Å². The number of ether oxygens (including phenoxy) is 5. The SMILES string of the molecule is C=C(CN(C)C)OCC(C)(C)C(C)(C)C.C=C(OCC(C)(C)C(C)(C)C)C(C)N.C=C(OCC(C)(C)C(C)(C)C)C(N)C(C)C.C=C(OCC(C)(C)C(C)(C)C)[C@@H](N)C(C)C.C=C(OCC(C)(C)C(C)(C)C)[C@H](C)N. The zero-order valence-electron chi connectivity index (χ0n) is 56.5. The van der Waals surface area contributed by atoms with Crippen LogP contribution in [0.4, 0.5) is 0 Å². The zero-order valence-corrected chi connectivity index (χ0v) is 56.5. The number of nitrogens with two attached hydrogens (primary N) is 4. The second kappa shape index (κ2) is 32.5. The summed E-state index contributed by atoms with van der Waals surface area (Å²) in [5, 5.41) is 0. The number of likely N-dealkylation sites (N-methyl/N-ethyl adjacent to an activating group) is 1. The second-order valence-corrected chi connectivity index (χ2v) is 30.9. The molecule has 450 valence electrons. The first-order valence-corrected chi connectivity index (χ1v) is 27.9. The normalized spacial score (nSPS) is 14.7. The van der Waals surface area contributed by atoms with Gasteiger partial charge in [-0.3, -0.25) is 0 Å². The fraction of sp³-hybridized carbons (Fsp3) is 0.846. The quantitative estimate of drug-likeness (QED) is 0.0727. The molecule has 75 heavy (non-hydrogen) atoms. The Morgan fingerprint density at radius 3 is 0.653 bits per heavy atom. The van der Waals surface area contributed by atoms with Crippen molar-refractivity contribution in [2.75, 3.05) is 53.7 Å². The van der Waals surface area contributed by atoms with Gasteiger partial charge in [-0.15, -0.1) is 0 Å². The van der Waals surface area contributed by atoms with Gasteiger partial charge in [-0.25, -0.2) is 0 Å². The zero-order chi connectivity index (χ0) is 61.7. The number of hydrogen-bond donors (Lipinski definition) is 4. The molecule has 0 amide bonds. The summed E-state index contributed by atoms with van der Waals surface area (Å²) in [5.74, 6) is 4.32. The molecule has 0 fully saturated rings. The minimum absolute atomic E-state index is 0.0734. The van der Waals surface area contributed by atoms with Crippen LogP contribution < -0.4 is 22.9 Å². The van der Waals surface area contributed by atoms with E-state index in [2.05, 4.69) is 239 Å². The number of nitrogens with zero attached hydrogens (tertiary/aromatic N) is 1. The molecule has 0 radical (unpaired) electrons. The summed E-state index contributed by atoms with van der Waals surface area (Å²) in [5.41, 5.74) is 24.9. The fourth-order valence-electron chi connectivity index (χ4n) is 4.05. The van der Waals surface area contributed by atoms with E-state index in [9.17, 15) is 0 Å². The molecule has 10 nitrogen and oxygen atoms in total. The summed E-state index contributed by atoms with van der Waals surface area (Å²) in [6.45, 7) is 91.0. The first-order valence-electron chi connectivity index (χ1n) is 27.9. The van der Waals surface area contributed by atoms with Gasteiger partial charge in [0, 0.05) is 27.1 Å². The van der Waals surface area contributed by atoms with Crippen LogP contribution in [0.15, 0.2) is 61.7 Å². The molecule has 0 rings (SSSR count). The van der Waals surface area contributed by atoms with E-state index in [1.165, 1.54) is 0 Å². The molecule has 0 aromatic rings. The van der Waals surface area contributed by atoms with Crippen LogP contribution in [0.25, 0.3) is 0 Å². The maximum absolute atomic E-state index is 5.97. The molecule has 0 aromatic heterocycles. The Kier molecular flexibility index (Phi) is 35.3. The lowest BCUT2D eigenvalue weighted by molar-refractivity contribution is 0.0237. The van der Waals surface area contributed by atoms with Gasteiger partial charge >= 0.3 is 0 Å². The van der Waals surface area contributed by atoms with E-state index in [-0.39, 0.29) is 78.3 Å². The predicted molar refractivity (Wildman–Crippen MR) is 333 cm³/mol. The molecule has 8 N–H and O–H groups in total. The van der Waals surface area contributed by atoms with Gasteiger partial charge in [0.05, 0.1) is 63.7 Å². The second-order valence-electron chi connectivity index (χ2n) is 30.9. The molecule has 10 heteroatoms. The van der Waals surface area contributed by atoms with E-state index < -0.39 is 0 Å². The molecule has 0 aliphatic rings. The van der Waals surface area contributed by atoms with E-state index in [1.807, 2.05) is 27.9 Å². The molecular formula is C65H135N5O5. The van der Waals surface area contributed by atoms with Crippen molar-refractivity contribution >= 4 is 0 Å². The smallest absolute Gasteiger partial charge is 0.106 e. The van der Waals surface area contributed by atoms with Crippen molar-refractivity contribution in [3.63, 3.8) is 0 Å². The van der Waals surface area contributed by atoms with Crippen molar-refractivity contribution < 1.29 is 23.7 Å². The largest absolute Gasteiger partial charge is 0.497 e. The lowest BCUT2D eigenvalue weighted by atomic mass is 9.70. The summed E-state index contributed by atoms with van der Waals surface area (Å²) in [6, 6.07) is -0.330. The van der Waals surface area contributed by atoms with Crippen molar-refractivity contribution in [1.29, 1.82) is 0 Å². The molecule has 0 saturated carbocycles. The monoisotopic (exact) mass is 1070 g/mol. The average molecular weight is 1070 g/mol. The lowest BCUT2D eigenvalue weighted by Crippen LogP contribution is -2.36. The Morgan fingerprint density at radius 2 is 0.507 bits per heavy atom. The lowest BCUT2D eigenvalue weighted by Gasteiger charge is -2.39. The standard InChI is InChI=1S/2C14H29NO.C13H27NO.2C12H25NO/c2*1-10(2)12(15)11(3)16-9-14(7,8)13(4,5)6;1-11(9-14(7)8)15-10-13(5,6)12(2,3)4;2*1-9(13)10(2)14-8-12(6,7)11(3,4)5/h2*10,12H,3,9,15H2,1-2,4-8H3;1,9-10H2,2-8H3;2*9H,2,8,13H2,1,3-7H3/t12-;;;9-;/m0..0./s1. The third kappa shape index (κ3) is 34.2. The minimum Gasteiger partial charge on any atom is -0.497 e. The minimum atomic E-state index is -0.0919. The van der Waals surface area contributed by atoms with E-state index in [1.54, 1.807) is 0 Å². The van der Waals surface area contributed by atoms with Gasteiger partial charge in [-0.2, -0.15) is 0 Å².